The maximum absolute atomic E-state index is 12.6. The number of benzene rings is 2. The van der Waals surface area contributed by atoms with Gasteiger partial charge in [-0.2, -0.15) is 18.2 Å². The fraction of sp³-hybridized carbons (Fsp3) is 0.280. The number of amides is 2. The number of aromatic nitrogens is 3. The molecule has 0 radical (unpaired) electrons. The maximum atomic E-state index is 12.6. The molecule has 37 heavy (non-hydrogen) atoms. The van der Waals surface area contributed by atoms with Crippen LogP contribution in [0.4, 0.5) is 13.2 Å². The Labute approximate surface area is 213 Å². The van der Waals surface area contributed by atoms with E-state index in [1.165, 1.54) is 0 Å². The number of hydrogen-bond acceptors (Lipinski definition) is 5. The van der Waals surface area contributed by atoms with Crippen molar-refractivity contribution < 1.29 is 27.3 Å². The lowest BCUT2D eigenvalue weighted by Crippen LogP contribution is -2.49. The Bertz CT molecular complexity index is 1490. The molecule has 2 heterocycles. The number of halogens is 4. The van der Waals surface area contributed by atoms with Crippen LogP contribution in [0.15, 0.2) is 53.1 Å². The van der Waals surface area contributed by atoms with Crippen LogP contribution in [0.25, 0.3) is 28.2 Å². The number of nitrogens with zero attached hydrogens (tertiary/aromatic N) is 3. The van der Waals surface area contributed by atoms with E-state index in [-0.39, 0.29) is 12.4 Å². The van der Waals surface area contributed by atoms with Gasteiger partial charge in [-0.15, -0.1) is 0 Å². The molecule has 192 valence electrons. The van der Waals surface area contributed by atoms with E-state index in [1.54, 1.807) is 6.92 Å². The van der Waals surface area contributed by atoms with Crippen LogP contribution in [0, 0.1) is 6.92 Å². The van der Waals surface area contributed by atoms with Gasteiger partial charge < -0.3 is 19.7 Å². The van der Waals surface area contributed by atoms with Crippen LogP contribution in [0.5, 0.6) is 0 Å². The molecular weight excluding hydrogens is 511 g/mol. The quantitative estimate of drug-likeness (QED) is 0.354. The number of fused-ring (bicyclic) bond motifs is 1. The number of carbonyl (C=O) groups is 2. The zero-order valence-corrected chi connectivity index (χ0v) is 20.3. The summed E-state index contributed by atoms with van der Waals surface area (Å²) >= 11 is 6.70. The molecule has 12 heteroatoms. The Morgan fingerprint density at radius 1 is 1.14 bits per heavy atom. The van der Waals surface area contributed by atoms with Gasteiger partial charge in [0.15, 0.2) is 5.82 Å². The lowest BCUT2D eigenvalue weighted by Gasteiger charge is -2.18. The topological polar surface area (TPSA) is 102 Å². The fourth-order valence-electron chi connectivity index (χ4n) is 4.19. The second-order valence-electron chi connectivity index (χ2n) is 8.93. The zero-order chi connectivity index (χ0) is 26.4. The average Bonchev–Trinajstić information content (AvgIpc) is 3.40. The first-order valence-corrected chi connectivity index (χ1v) is 11.8. The molecular formula is C25H21ClF3N5O3. The standard InChI is InChI=1S/C25H21ClF3N5O3/c1-14-31-22(37-33-14)21-20(26)17-4-2-3-5-18(17)34(21)16-8-6-15(7-9-16)13-30-23(36)24(10-11-24)32-19(35)12-25(27,28)29/h2-9H,10-13H2,1H3,(H,30,36)(H,32,35). The minimum absolute atomic E-state index is 0.138. The molecule has 5 rings (SSSR count). The van der Waals surface area contributed by atoms with E-state index in [0.717, 1.165) is 22.2 Å². The Balaban J connectivity index is 1.34. The van der Waals surface area contributed by atoms with Crippen molar-refractivity contribution in [3.63, 3.8) is 0 Å². The summed E-state index contributed by atoms with van der Waals surface area (Å²) in [7, 11) is 0. The fourth-order valence-corrected chi connectivity index (χ4v) is 4.52. The third-order valence-electron chi connectivity index (χ3n) is 6.12. The second-order valence-corrected chi connectivity index (χ2v) is 9.31. The molecule has 2 N–H and O–H groups in total. The van der Waals surface area contributed by atoms with E-state index in [2.05, 4.69) is 20.8 Å². The predicted molar refractivity (Wildman–Crippen MR) is 129 cm³/mol. The number of alkyl halides is 3. The summed E-state index contributed by atoms with van der Waals surface area (Å²) in [6, 6.07) is 14.9. The molecule has 4 aromatic rings. The van der Waals surface area contributed by atoms with Gasteiger partial charge in [-0.05, 0) is 43.5 Å². The molecule has 1 aliphatic carbocycles. The normalized spacial score (nSPS) is 14.5. The Morgan fingerprint density at radius 2 is 1.84 bits per heavy atom. The number of aryl methyl sites for hydroxylation is 1. The highest BCUT2D eigenvalue weighted by Crippen LogP contribution is 2.39. The molecule has 1 fully saturated rings. The summed E-state index contributed by atoms with van der Waals surface area (Å²) in [4.78, 5) is 28.6. The van der Waals surface area contributed by atoms with E-state index in [0.29, 0.717) is 29.4 Å². The van der Waals surface area contributed by atoms with Crippen LogP contribution in [0.2, 0.25) is 5.02 Å². The number of rotatable bonds is 7. The molecule has 2 aromatic carbocycles. The first-order valence-electron chi connectivity index (χ1n) is 11.4. The Morgan fingerprint density at radius 3 is 2.46 bits per heavy atom. The molecule has 0 spiro atoms. The zero-order valence-electron chi connectivity index (χ0n) is 19.5. The predicted octanol–water partition coefficient (Wildman–Crippen LogP) is 4.86. The van der Waals surface area contributed by atoms with E-state index < -0.39 is 30.0 Å². The van der Waals surface area contributed by atoms with Crippen molar-refractivity contribution >= 4 is 34.3 Å². The molecule has 1 aliphatic rings. The van der Waals surface area contributed by atoms with Gasteiger partial charge in [-0.25, -0.2) is 0 Å². The highest BCUT2D eigenvalue weighted by molar-refractivity contribution is 6.38. The molecule has 0 bridgehead atoms. The van der Waals surface area contributed by atoms with Crippen molar-refractivity contribution in [2.45, 2.75) is 44.4 Å². The number of hydrogen-bond donors (Lipinski definition) is 2. The van der Waals surface area contributed by atoms with Crippen LogP contribution in [0.3, 0.4) is 0 Å². The molecule has 2 amide bonds. The van der Waals surface area contributed by atoms with Gasteiger partial charge in [-0.3, -0.25) is 9.59 Å². The Kier molecular flexibility index (Phi) is 6.18. The summed E-state index contributed by atoms with van der Waals surface area (Å²) < 4.78 is 44.7. The summed E-state index contributed by atoms with van der Waals surface area (Å²) in [6.07, 6.45) is -5.66. The van der Waals surface area contributed by atoms with E-state index in [9.17, 15) is 22.8 Å². The van der Waals surface area contributed by atoms with Gasteiger partial charge in [0.1, 0.15) is 17.7 Å². The largest absolute Gasteiger partial charge is 0.397 e. The Hall–Kier alpha value is -3.86. The first kappa shape index (κ1) is 24.8. The summed E-state index contributed by atoms with van der Waals surface area (Å²) in [5, 5.41) is 10.1. The van der Waals surface area contributed by atoms with Gasteiger partial charge in [0.2, 0.25) is 11.8 Å². The first-order chi connectivity index (χ1) is 17.6. The van der Waals surface area contributed by atoms with Crippen molar-refractivity contribution in [1.29, 1.82) is 0 Å². The SMILES string of the molecule is Cc1noc(-c2c(Cl)c3ccccc3n2-c2ccc(CNC(=O)C3(NC(=O)CC(F)(F)F)CC3)cc2)n1. The van der Waals surface area contributed by atoms with Crippen molar-refractivity contribution in [1.82, 2.24) is 25.3 Å². The van der Waals surface area contributed by atoms with E-state index in [4.69, 9.17) is 16.1 Å². The van der Waals surface area contributed by atoms with Gasteiger partial charge in [0, 0.05) is 17.6 Å². The smallest absolute Gasteiger partial charge is 0.350 e. The maximum Gasteiger partial charge on any atom is 0.397 e. The van der Waals surface area contributed by atoms with Crippen LogP contribution < -0.4 is 10.6 Å². The highest BCUT2D eigenvalue weighted by atomic mass is 35.5. The summed E-state index contributed by atoms with van der Waals surface area (Å²) in [5.74, 6) is -0.979. The van der Waals surface area contributed by atoms with Crippen LogP contribution >= 0.6 is 11.6 Å². The molecule has 0 aliphatic heterocycles. The van der Waals surface area contributed by atoms with Crippen molar-refractivity contribution in [2.75, 3.05) is 0 Å². The second kappa shape index (κ2) is 9.22. The number of para-hydroxylation sites is 1. The molecule has 0 saturated heterocycles. The summed E-state index contributed by atoms with van der Waals surface area (Å²) in [6.45, 7) is 1.85. The molecule has 2 aromatic heterocycles. The molecule has 0 atom stereocenters. The lowest BCUT2D eigenvalue weighted by molar-refractivity contribution is -0.155. The molecule has 8 nitrogen and oxygen atoms in total. The van der Waals surface area contributed by atoms with Crippen molar-refractivity contribution in [3.05, 3.63) is 64.9 Å². The summed E-state index contributed by atoms with van der Waals surface area (Å²) in [5.41, 5.74) is 1.63. The molecule has 1 saturated carbocycles. The molecule has 0 unspecified atom stereocenters. The van der Waals surface area contributed by atoms with Crippen LogP contribution in [-0.2, 0) is 16.1 Å². The van der Waals surface area contributed by atoms with Crippen molar-refractivity contribution in [3.8, 4) is 17.3 Å². The third kappa shape index (κ3) is 5.04. The van der Waals surface area contributed by atoms with Gasteiger partial charge >= 0.3 is 6.18 Å². The minimum atomic E-state index is -4.63. The minimum Gasteiger partial charge on any atom is -0.350 e. The van der Waals surface area contributed by atoms with Gasteiger partial charge in [-0.1, -0.05) is 47.1 Å². The van der Waals surface area contributed by atoms with Gasteiger partial charge in [0.05, 0.1) is 10.5 Å². The highest BCUT2D eigenvalue weighted by Gasteiger charge is 2.51. The van der Waals surface area contributed by atoms with Crippen LogP contribution in [0.1, 0.15) is 30.7 Å². The van der Waals surface area contributed by atoms with Gasteiger partial charge in [0.25, 0.3) is 5.89 Å². The van der Waals surface area contributed by atoms with Crippen molar-refractivity contribution in [2.24, 2.45) is 0 Å². The monoisotopic (exact) mass is 531 g/mol. The number of carbonyl (C=O) groups excluding carboxylic acids is 2. The third-order valence-corrected chi connectivity index (χ3v) is 6.50. The van der Waals surface area contributed by atoms with E-state index in [1.807, 2.05) is 53.1 Å². The van der Waals surface area contributed by atoms with E-state index >= 15 is 0 Å². The van der Waals surface area contributed by atoms with Crippen LogP contribution in [-0.4, -0.2) is 38.2 Å². The number of nitrogens with one attached hydrogen (secondary N) is 2. The lowest BCUT2D eigenvalue weighted by atomic mass is 10.1. The average molecular weight is 532 g/mol.